The molecule has 0 aliphatic carbocycles. The largest absolute Gasteiger partial charge is 0.315 e. The smallest absolute Gasteiger partial charge is 0.0659 e. The number of pyridine rings is 1. The Hall–Kier alpha value is -1.15. The third-order valence-corrected chi connectivity index (χ3v) is 2.29. The van der Waals surface area contributed by atoms with Crippen LogP contribution < -0.4 is 5.32 Å². The maximum absolute atomic E-state index is 4.25. The van der Waals surface area contributed by atoms with Crippen molar-refractivity contribution in [3.05, 3.63) is 36.2 Å². The molecule has 1 aromatic rings. The lowest BCUT2D eigenvalue weighted by atomic mass is 9.92. The minimum absolute atomic E-state index is 0.645. The van der Waals surface area contributed by atoms with Crippen molar-refractivity contribution in [1.82, 2.24) is 10.3 Å². The maximum atomic E-state index is 4.25. The Morgan fingerprint density at radius 3 is 3.00 bits per heavy atom. The van der Waals surface area contributed by atoms with Crippen molar-refractivity contribution >= 4 is 6.08 Å². The van der Waals surface area contributed by atoms with Gasteiger partial charge < -0.3 is 5.32 Å². The monoisotopic (exact) mass is 160 g/mol. The molecule has 0 amide bonds. The summed E-state index contributed by atoms with van der Waals surface area (Å²) in [5.41, 5.74) is 2.36. The number of rotatable bonds is 2. The van der Waals surface area contributed by atoms with Gasteiger partial charge in [-0.25, -0.2) is 0 Å². The molecule has 1 N–H and O–H groups in total. The zero-order chi connectivity index (χ0) is 8.39. The Kier molecular flexibility index (Phi) is 1.92. The summed E-state index contributed by atoms with van der Waals surface area (Å²) in [7, 11) is 0. The second-order valence-corrected chi connectivity index (χ2v) is 3.04. The summed E-state index contributed by atoms with van der Waals surface area (Å²) in [4.78, 5) is 4.25. The molecule has 62 valence electrons. The van der Waals surface area contributed by atoms with Crippen LogP contribution in [0, 0.1) is 0 Å². The molecule has 2 nitrogen and oxygen atoms in total. The molecule has 0 bridgehead atoms. The molecule has 1 aromatic heterocycles. The predicted octanol–water partition coefficient (Wildman–Crippen LogP) is 1.41. The van der Waals surface area contributed by atoms with Crippen molar-refractivity contribution in [2.45, 2.75) is 5.92 Å². The minimum Gasteiger partial charge on any atom is -0.315 e. The number of hydrogen-bond acceptors (Lipinski definition) is 2. The molecule has 0 atom stereocenters. The highest BCUT2D eigenvalue weighted by atomic mass is 14.9. The van der Waals surface area contributed by atoms with Gasteiger partial charge in [-0.1, -0.05) is 12.6 Å². The van der Waals surface area contributed by atoms with Crippen molar-refractivity contribution in [2.24, 2.45) is 0 Å². The minimum atomic E-state index is 0.645. The summed E-state index contributed by atoms with van der Waals surface area (Å²) in [6, 6.07) is 4.12. The first-order chi connectivity index (χ1) is 5.92. The first kappa shape index (κ1) is 7.50. The van der Waals surface area contributed by atoms with E-state index >= 15 is 0 Å². The fourth-order valence-electron chi connectivity index (χ4n) is 1.45. The van der Waals surface area contributed by atoms with Gasteiger partial charge in [0, 0.05) is 25.2 Å². The quantitative estimate of drug-likeness (QED) is 0.707. The van der Waals surface area contributed by atoms with Gasteiger partial charge in [0.1, 0.15) is 0 Å². The molecule has 0 unspecified atom stereocenters. The molecular formula is C10H12N2. The summed E-state index contributed by atoms with van der Waals surface area (Å²) in [6.07, 6.45) is 3.64. The first-order valence-corrected chi connectivity index (χ1v) is 4.20. The van der Waals surface area contributed by atoms with Crippen LogP contribution in [0.2, 0.25) is 0 Å². The van der Waals surface area contributed by atoms with Gasteiger partial charge in [0.25, 0.3) is 0 Å². The van der Waals surface area contributed by atoms with E-state index in [4.69, 9.17) is 0 Å². The molecule has 2 heterocycles. The van der Waals surface area contributed by atoms with Crippen molar-refractivity contribution < 1.29 is 0 Å². The summed E-state index contributed by atoms with van der Waals surface area (Å²) >= 11 is 0. The van der Waals surface area contributed by atoms with Crippen LogP contribution in [-0.2, 0) is 0 Å². The maximum Gasteiger partial charge on any atom is 0.0659 e. The summed E-state index contributed by atoms with van der Waals surface area (Å²) in [5, 5.41) is 3.25. The van der Waals surface area contributed by atoms with Crippen molar-refractivity contribution in [3.8, 4) is 0 Å². The SMILES string of the molecule is C=Cc1ncccc1C1CNC1. The molecule has 2 rings (SSSR count). The van der Waals surface area contributed by atoms with Gasteiger partial charge in [0.15, 0.2) is 0 Å². The highest BCUT2D eigenvalue weighted by Crippen LogP contribution is 2.22. The van der Waals surface area contributed by atoms with Gasteiger partial charge in [-0.15, -0.1) is 0 Å². The van der Waals surface area contributed by atoms with Crippen LogP contribution in [0.25, 0.3) is 6.08 Å². The second kappa shape index (κ2) is 3.07. The zero-order valence-electron chi connectivity index (χ0n) is 6.96. The Morgan fingerprint density at radius 1 is 1.58 bits per heavy atom. The van der Waals surface area contributed by atoms with E-state index in [-0.39, 0.29) is 0 Å². The van der Waals surface area contributed by atoms with Crippen LogP contribution in [0.15, 0.2) is 24.9 Å². The Morgan fingerprint density at radius 2 is 2.42 bits per heavy atom. The molecule has 1 aliphatic heterocycles. The van der Waals surface area contributed by atoms with E-state index in [0.717, 1.165) is 18.8 Å². The number of nitrogens with one attached hydrogen (secondary N) is 1. The second-order valence-electron chi connectivity index (χ2n) is 3.04. The Bertz CT molecular complexity index is 290. The summed E-state index contributed by atoms with van der Waals surface area (Å²) in [6.45, 7) is 5.90. The van der Waals surface area contributed by atoms with E-state index in [1.165, 1.54) is 5.56 Å². The predicted molar refractivity (Wildman–Crippen MR) is 49.9 cm³/mol. The van der Waals surface area contributed by atoms with Gasteiger partial charge in [-0.05, 0) is 17.7 Å². The first-order valence-electron chi connectivity index (χ1n) is 4.20. The average molecular weight is 160 g/mol. The van der Waals surface area contributed by atoms with Gasteiger partial charge in [-0.2, -0.15) is 0 Å². The number of hydrogen-bond donors (Lipinski definition) is 1. The van der Waals surface area contributed by atoms with Gasteiger partial charge in [0.05, 0.1) is 5.69 Å². The standard InChI is InChI=1S/C10H12N2/c1-2-10-9(4-3-5-12-10)8-6-11-7-8/h2-5,8,11H,1,6-7H2. The third kappa shape index (κ3) is 1.14. The lowest BCUT2D eigenvalue weighted by molar-refractivity contribution is 0.447. The van der Waals surface area contributed by atoms with Crippen LogP contribution in [0.5, 0.6) is 0 Å². The molecular weight excluding hydrogens is 148 g/mol. The van der Waals surface area contributed by atoms with E-state index < -0.39 is 0 Å². The van der Waals surface area contributed by atoms with Crippen molar-refractivity contribution in [2.75, 3.05) is 13.1 Å². The topological polar surface area (TPSA) is 24.9 Å². The molecule has 0 aromatic carbocycles. The molecule has 0 radical (unpaired) electrons. The number of nitrogens with zero attached hydrogens (tertiary/aromatic N) is 1. The van der Waals surface area contributed by atoms with Gasteiger partial charge in [-0.3, -0.25) is 4.98 Å². The van der Waals surface area contributed by atoms with Crippen LogP contribution in [0.4, 0.5) is 0 Å². The molecule has 1 fully saturated rings. The van der Waals surface area contributed by atoms with E-state index in [0.29, 0.717) is 5.92 Å². The van der Waals surface area contributed by atoms with E-state index in [9.17, 15) is 0 Å². The number of aromatic nitrogens is 1. The molecule has 1 aliphatic rings. The van der Waals surface area contributed by atoms with Crippen LogP contribution >= 0.6 is 0 Å². The lowest BCUT2D eigenvalue weighted by Crippen LogP contribution is -2.40. The zero-order valence-corrected chi connectivity index (χ0v) is 6.96. The van der Waals surface area contributed by atoms with Crippen molar-refractivity contribution in [1.29, 1.82) is 0 Å². The van der Waals surface area contributed by atoms with Gasteiger partial charge >= 0.3 is 0 Å². The van der Waals surface area contributed by atoms with Crippen LogP contribution in [0.1, 0.15) is 17.2 Å². The Balaban J connectivity index is 2.33. The van der Waals surface area contributed by atoms with Crippen molar-refractivity contribution in [3.63, 3.8) is 0 Å². The van der Waals surface area contributed by atoms with E-state index in [1.807, 2.05) is 18.3 Å². The summed E-state index contributed by atoms with van der Waals surface area (Å²) < 4.78 is 0. The third-order valence-electron chi connectivity index (χ3n) is 2.29. The summed E-state index contributed by atoms with van der Waals surface area (Å²) in [5.74, 6) is 0.645. The Labute approximate surface area is 72.3 Å². The van der Waals surface area contributed by atoms with Crippen LogP contribution in [0.3, 0.4) is 0 Å². The molecule has 1 saturated heterocycles. The fraction of sp³-hybridized carbons (Fsp3) is 0.300. The fourth-order valence-corrected chi connectivity index (χ4v) is 1.45. The molecule has 0 saturated carbocycles. The highest BCUT2D eigenvalue weighted by Gasteiger charge is 2.20. The van der Waals surface area contributed by atoms with E-state index in [2.05, 4.69) is 22.9 Å². The molecule has 12 heavy (non-hydrogen) atoms. The van der Waals surface area contributed by atoms with E-state index in [1.54, 1.807) is 0 Å². The van der Waals surface area contributed by atoms with Gasteiger partial charge in [0.2, 0.25) is 0 Å². The van der Waals surface area contributed by atoms with Crippen LogP contribution in [-0.4, -0.2) is 18.1 Å². The normalized spacial score (nSPS) is 17.0. The average Bonchev–Trinajstić information content (AvgIpc) is 2.02. The molecule has 0 spiro atoms. The molecule has 2 heteroatoms. The lowest BCUT2D eigenvalue weighted by Gasteiger charge is -2.28. The highest BCUT2D eigenvalue weighted by molar-refractivity contribution is 5.48.